The number of ether oxygens (including phenoxy) is 1. The van der Waals surface area contributed by atoms with Gasteiger partial charge in [0, 0.05) is 37.5 Å². The number of likely N-dealkylation sites (tertiary alicyclic amines) is 1. The van der Waals surface area contributed by atoms with Gasteiger partial charge in [-0.1, -0.05) is 12.1 Å². The maximum absolute atomic E-state index is 11.5. The molecule has 0 spiro atoms. The van der Waals surface area contributed by atoms with Gasteiger partial charge < -0.3 is 20.1 Å². The van der Waals surface area contributed by atoms with Crippen LogP contribution in [0, 0.1) is 5.92 Å². The summed E-state index contributed by atoms with van der Waals surface area (Å²) in [6.45, 7) is 3.99. The molecule has 0 saturated carbocycles. The first-order chi connectivity index (χ1) is 15.1. The third kappa shape index (κ3) is 5.53. The Bertz CT molecular complexity index is 879. The molecule has 4 heterocycles. The number of aromatic nitrogens is 2. The van der Waals surface area contributed by atoms with E-state index in [1.807, 2.05) is 12.1 Å². The molecule has 2 aliphatic rings. The minimum atomic E-state index is -0.754. The SMILES string of the molecule is COc1ccc(C(CC(=O)O)C2CCN(CCc3ccc4c(n3)NCCC4)CC2)cn1. The fraction of sp³-hybridized carbons (Fsp3) is 0.542. The van der Waals surface area contributed by atoms with Crippen molar-refractivity contribution in [2.24, 2.45) is 5.92 Å². The quantitative estimate of drug-likeness (QED) is 0.672. The largest absolute Gasteiger partial charge is 0.481 e. The van der Waals surface area contributed by atoms with Crippen molar-refractivity contribution in [3.05, 3.63) is 47.3 Å². The molecule has 0 radical (unpaired) electrons. The molecule has 0 aromatic carbocycles. The van der Waals surface area contributed by atoms with Crippen LogP contribution in [-0.2, 0) is 17.6 Å². The van der Waals surface area contributed by atoms with E-state index in [0.717, 1.165) is 68.9 Å². The summed E-state index contributed by atoms with van der Waals surface area (Å²) in [6, 6.07) is 8.16. The van der Waals surface area contributed by atoms with Crippen molar-refractivity contribution in [3.8, 4) is 5.88 Å². The number of carboxylic acid groups (broad SMARTS) is 1. The first-order valence-corrected chi connectivity index (χ1v) is 11.3. The predicted molar refractivity (Wildman–Crippen MR) is 120 cm³/mol. The fourth-order valence-corrected chi connectivity index (χ4v) is 4.84. The van der Waals surface area contributed by atoms with Crippen molar-refractivity contribution < 1.29 is 14.6 Å². The van der Waals surface area contributed by atoms with Gasteiger partial charge in [0.2, 0.25) is 5.88 Å². The minimum absolute atomic E-state index is 0.00792. The summed E-state index contributed by atoms with van der Waals surface area (Å²) in [7, 11) is 1.59. The molecule has 1 unspecified atom stereocenters. The highest BCUT2D eigenvalue weighted by atomic mass is 16.5. The van der Waals surface area contributed by atoms with Crippen molar-refractivity contribution in [1.29, 1.82) is 0 Å². The van der Waals surface area contributed by atoms with Gasteiger partial charge in [-0.3, -0.25) is 4.79 Å². The lowest BCUT2D eigenvalue weighted by Gasteiger charge is -2.36. The first kappa shape index (κ1) is 21.6. The summed E-state index contributed by atoms with van der Waals surface area (Å²) in [6.07, 6.45) is 7.16. The molecule has 31 heavy (non-hydrogen) atoms. The number of fused-ring (bicyclic) bond motifs is 1. The molecular weight excluding hydrogens is 392 g/mol. The Labute approximate surface area is 183 Å². The molecule has 2 aromatic rings. The molecule has 2 N–H and O–H groups in total. The predicted octanol–water partition coefficient (Wildman–Crippen LogP) is 3.36. The topological polar surface area (TPSA) is 87.6 Å². The zero-order valence-corrected chi connectivity index (χ0v) is 18.2. The second kappa shape index (κ2) is 10.1. The summed E-state index contributed by atoms with van der Waals surface area (Å²) < 4.78 is 5.14. The molecule has 1 fully saturated rings. The lowest BCUT2D eigenvalue weighted by molar-refractivity contribution is -0.137. The van der Waals surface area contributed by atoms with Gasteiger partial charge in [0.05, 0.1) is 13.5 Å². The Kier molecular flexibility index (Phi) is 7.02. The number of carboxylic acids is 1. The van der Waals surface area contributed by atoms with E-state index in [9.17, 15) is 9.90 Å². The highest BCUT2D eigenvalue weighted by Crippen LogP contribution is 2.35. The Morgan fingerprint density at radius 2 is 2.13 bits per heavy atom. The van der Waals surface area contributed by atoms with Gasteiger partial charge in [0.1, 0.15) is 5.82 Å². The summed E-state index contributed by atoms with van der Waals surface area (Å²) in [4.78, 5) is 23.1. The van der Waals surface area contributed by atoms with Crippen LogP contribution >= 0.6 is 0 Å². The number of piperidine rings is 1. The van der Waals surface area contributed by atoms with Gasteiger partial charge in [0.25, 0.3) is 0 Å². The number of hydrogen-bond acceptors (Lipinski definition) is 6. The molecule has 0 aliphatic carbocycles. The lowest BCUT2D eigenvalue weighted by Crippen LogP contribution is -2.37. The van der Waals surface area contributed by atoms with Crippen LogP contribution in [0.15, 0.2) is 30.5 Å². The molecular formula is C24H32N4O3. The normalized spacial score (nSPS) is 18.1. The van der Waals surface area contributed by atoms with E-state index in [4.69, 9.17) is 9.72 Å². The van der Waals surface area contributed by atoms with Gasteiger partial charge in [0.15, 0.2) is 0 Å². The van der Waals surface area contributed by atoms with E-state index in [1.165, 1.54) is 12.0 Å². The van der Waals surface area contributed by atoms with E-state index in [-0.39, 0.29) is 12.3 Å². The lowest BCUT2D eigenvalue weighted by atomic mass is 9.78. The minimum Gasteiger partial charge on any atom is -0.481 e. The van der Waals surface area contributed by atoms with Crippen LogP contribution in [0.3, 0.4) is 0 Å². The van der Waals surface area contributed by atoms with Crippen LogP contribution in [0.25, 0.3) is 0 Å². The summed E-state index contributed by atoms with van der Waals surface area (Å²) in [5.74, 6) is 1.21. The number of anilines is 1. The van der Waals surface area contributed by atoms with Crippen LogP contribution in [0.5, 0.6) is 5.88 Å². The van der Waals surface area contributed by atoms with E-state index in [2.05, 4.69) is 27.3 Å². The molecule has 1 atom stereocenters. The summed E-state index contributed by atoms with van der Waals surface area (Å²) in [5, 5.41) is 12.9. The second-order valence-electron chi connectivity index (χ2n) is 8.61. The van der Waals surface area contributed by atoms with E-state index < -0.39 is 5.97 Å². The van der Waals surface area contributed by atoms with E-state index in [0.29, 0.717) is 11.8 Å². The molecule has 2 aliphatic heterocycles. The number of aliphatic carboxylic acids is 1. The monoisotopic (exact) mass is 424 g/mol. The second-order valence-corrected chi connectivity index (χ2v) is 8.61. The Hall–Kier alpha value is -2.67. The van der Waals surface area contributed by atoms with Crippen LogP contribution in [0.4, 0.5) is 5.82 Å². The first-order valence-electron chi connectivity index (χ1n) is 11.3. The molecule has 166 valence electrons. The smallest absolute Gasteiger partial charge is 0.303 e. The van der Waals surface area contributed by atoms with Gasteiger partial charge in [-0.15, -0.1) is 0 Å². The maximum atomic E-state index is 11.5. The Balaban J connectivity index is 1.32. The average Bonchev–Trinajstić information content (AvgIpc) is 2.81. The van der Waals surface area contributed by atoms with Crippen LogP contribution < -0.4 is 10.1 Å². The maximum Gasteiger partial charge on any atom is 0.303 e. The van der Waals surface area contributed by atoms with Crippen LogP contribution in [0.1, 0.15) is 48.4 Å². The Morgan fingerprint density at radius 1 is 1.29 bits per heavy atom. The zero-order chi connectivity index (χ0) is 21.6. The number of carbonyl (C=O) groups is 1. The fourth-order valence-electron chi connectivity index (χ4n) is 4.84. The molecule has 0 amide bonds. The van der Waals surface area contributed by atoms with E-state index >= 15 is 0 Å². The summed E-state index contributed by atoms with van der Waals surface area (Å²) in [5.41, 5.74) is 3.46. The van der Waals surface area contributed by atoms with Crippen molar-refractivity contribution in [1.82, 2.24) is 14.9 Å². The Morgan fingerprint density at radius 3 is 2.84 bits per heavy atom. The molecule has 4 rings (SSSR count). The highest BCUT2D eigenvalue weighted by Gasteiger charge is 2.29. The number of aryl methyl sites for hydroxylation is 1. The van der Waals surface area contributed by atoms with Crippen molar-refractivity contribution in [2.45, 2.75) is 44.4 Å². The van der Waals surface area contributed by atoms with Gasteiger partial charge in [-0.25, -0.2) is 9.97 Å². The van der Waals surface area contributed by atoms with Crippen molar-refractivity contribution in [2.75, 3.05) is 38.6 Å². The molecule has 7 heteroatoms. The molecule has 2 aromatic heterocycles. The van der Waals surface area contributed by atoms with Crippen LogP contribution in [0.2, 0.25) is 0 Å². The van der Waals surface area contributed by atoms with Gasteiger partial charge in [-0.2, -0.15) is 0 Å². The standard InChI is InChI=1S/C24H32N4O3/c1-31-22-7-5-19(16-26-22)21(15-23(29)30)17-8-12-28(13-9-17)14-10-20-6-4-18-3-2-11-25-24(18)27-20/h4-7,16-17,21H,2-3,8-15H2,1H3,(H,25,27)(H,29,30). The zero-order valence-electron chi connectivity index (χ0n) is 18.2. The highest BCUT2D eigenvalue weighted by molar-refractivity contribution is 5.68. The van der Waals surface area contributed by atoms with Crippen molar-refractivity contribution >= 4 is 11.8 Å². The molecule has 1 saturated heterocycles. The van der Waals surface area contributed by atoms with Gasteiger partial charge in [-0.05, 0) is 67.8 Å². The number of rotatable bonds is 8. The third-order valence-electron chi connectivity index (χ3n) is 6.63. The molecule has 7 nitrogen and oxygen atoms in total. The van der Waals surface area contributed by atoms with Crippen molar-refractivity contribution in [3.63, 3.8) is 0 Å². The van der Waals surface area contributed by atoms with Crippen LogP contribution in [-0.4, -0.2) is 59.2 Å². The molecule has 0 bridgehead atoms. The number of nitrogens with zero attached hydrogens (tertiary/aromatic N) is 3. The number of nitrogens with one attached hydrogen (secondary N) is 1. The average molecular weight is 425 g/mol. The van der Waals surface area contributed by atoms with Gasteiger partial charge >= 0.3 is 5.97 Å². The number of methoxy groups -OCH3 is 1. The van der Waals surface area contributed by atoms with E-state index in [1.54, 1.807) is 13.3 Å². The third-order valence-corrected chi connectivity index (χ3v) is 6.63. The summed E-state index contributed by atoms with van der Waals surface area (Å²) >= 11 is 0. The number of hydrogen-bond donors (Lipinski definition) is 2. The number of pyridine rings is 2.